The Labute approximate surface area is 137 Å². The molecular formula is C20H14FNO2. The van der Waals surface area contributed by atoms with Crippen molar-refractivity contribution in [2.75, 3.05) is 5.32 Å². The van der Waals surface area contributed by atoms with E-state index in [0.29, 0.717) is 5.69 Å². The second-order valence-corrected chi connectivity index (χ2v) is 5.66. The number of hydrogen-bond acceptors (Lipinski definition) is 2. The molecule has 1 N–H and O–H groups in total. The predicted molar refractivity (Wildman–Crippen MR) is 92.5 cm³/mol. The van der Waals surface area contributed by atoms with E-state index in [1.807, 2.05) is 42.5 Å². The van der Waals surface area contributed by atoms with E-state index in [1.165, 1.54) is 12.1 Å². The van der Waals surface area contributed by atoms with Crippen molar-refractivity contribution < 1.29 is 13.6 Å². The Balaban J connectivity index is 1.56. The monoisotopic (exact) mass is 319 g/mol. The Hall–Kier alpha value is -3.14. The average molecular weight is 319 g/mol. The van der Waals surface area contributed by atoms with Crippen molar-refractivity contribution in [2.24, 2.45) is 0 Å². The van der Waals surface area contributed by atoms with Crippen molar-refractivity contribution >= 4 is 33.5 Å². The number of benzene rings is 3. The summed E-state index contributed by atoms with van der Waals surface area (Å²) in [5.41, 5.74) is 2.99. The molecule has 1 heterocycles. The zero-order valence-corrected chi connectivity index (χ0v) is 12.8. The van der Waals surface area contributed by atoms with Crippen LogP contribution in [0.3, 0.4) is 0 Å². The molecule has 0 spiro atoms. The van der Waals surface area contributed by atoms with E-state index in [4.69, 9.17) is 4.42 Å². The fourth-order valence-corrected chi connectivity index (χ4v) is 2.80. The van der Waals surface area contributed by atoms with Gasteiger partial charge in [-0.1, -0.05) is 30.3 Å². The summed E-state index contributed by atoms with van der Waals surface area (Å²) in [6.07, 6.45) is 0.193. The van der Waals surface area contributed by atoms with Crippen LogP contribution in [0.25, 0.3) is 21.9 Å². The summed E-state index contributed by atoms with van der Waals surface area (Å²) in [4.78, 5) is 12.1. The van der Waals surface area contributed by atoms with Gasteiger partial charge in [-0.25, -0.2) is 4.39 Å². The molecule has 3 aromatic carbocycles. The Bertz CT molecular complexity index is 1030. The lowest BCUT2D eigenvalue weighted by atomic mass is 10.1. The van der Waals surface area contributed by atoms with Crippen molar-refractivity contribution in [3.05, 3.63) is 78.1 Å². The second kappa shape index (κ2) is 5.81. The van der Waals surface area contributed by atoms with Gasteiger partial charge in [0.15, 0.2) is 0 Å². The first-order chi connectivity index (χ1) is 11.7. The molecule has 118 valence electrons. The molecule has 0 aliphatic rings. The predicted octanol–water partition coefficient (Wildman–Crippen LogP) is 4.91. The molecule has 4 rings (SSSR count). The van der Waals surface area contributed by atoms with Crippen LogP contribution >= 0.6 is 0 Å². The van der Waals surface area contributed by atoms with Crippen molar-refractivity contribution in [3.8, 4) is 0 Å². The third-order valence-corrected chi connectivity index (χ3v) is 3.94. The van der Waals surface area contributed by atoms with Crippen LogP contribution in [0.2, 0.25) is 0 Å². The summed E-state index contributed by atoms with van der Waals surface area (Å²) in [5.74, 6) is -0.466. The minimum Gasteiger partial charge on any atom is -0.456 e. The van der Waals surface area contributed by atoms with Crippen molar-refractivity contribution in [3.63, 3.8) is 0 Å². The number of anilines is 1. The average Bonchev–Trinajstić information content (AvgIpc) is 2.94. The number of para-hydroxylation sites is 1. The van der Waals surface area contributed by atoms with Crippen molar-refractivity contribution in [1.29, 1.82) is 0 Å². The second-order valence-electron chi connectivity index (χ2n) is 5.66. The molecule has 0 saturated carbocycles. The van der Waals surface area contributed by atoms with Gasteiger partial charge in [0.2, 0.25) is 5.91 Å². The molecule has 3 nitrogen and oxygen atoms in total. The SMILES string of the molecule is O=C(Cc1ccc(F)cc1)Nc1ccc2c(c1)oc1ccccc12. The van der Waals surface area contributed by atoms with Gasteiger partial charge in [0.25, 0.3) is 0 Å². The molecule has 0 radical (unpaired) electrons. The molecule has 24 heavy (non-hydrogen) atoms. The summed E-state index contributed by atoms with van der Waals surface area (Å²) in [6.45, 7) is 0. The lowest BCUT2D eigenvalue weighted by Gasteiger charge is -2.05. The van der Waals surface area contributed by atoms with Gasteiger partial charge in [-0.05, 0) is 35.9 Å². The first-order valence-electron chi connectivity index (χ1n) is 7.65. The Kier molecular flexibility index (Phi) is 3.50. The maximum absolute atomic E-state index is 12.9. The molecule has 0 aliphatic heterocycles. The van der Waals surface area contributed by atoms with Gasteiger partial charge in [0, 0.05) is 22.5 Å². The Morgan fingerprint density at radius 2 is 1.67 bits per heavy atom. The minimum atomic E-state index is -0.311. The number of amides is 1. The Morgan fingerprint density at radius 1 is 0.917 bits per heavy atom. The summed E-state index contributed by atoms with van der Waals surface area (Å²) < 4.78 is 18.7. The van der Waals surface area contributed by atoms with Crippen LogP contribution in [0.5, 0.6) is 0 Å². The third kappa shape index (κ3) is 2.74. The van der Waals surface area contributed by atoms with Crippen LogP contribution < -0.4 is 5.32 Å². The molecule has 0 fully saturated rings. The highest BCUT2D eigenvalue weighted by molar-refractivity contribution is 6.06. The van der Waals surface area contributed by atoms with Gasteiger partial charge >= 0.3 is 0 Å². The van der Waals surface area contributed by atoms with E-state index >= 15 is 0 Å². The van der Waals surface area contributed by atoms with Gasteiger partial charge in [-0.2, -0.15) is 0 Å². The van der Waals surface area contributed by atoms with Crippen LogP contribution in [0.15, 0.2) is 71.1 Å². The van der Waals surface area contributed by atoms with Gasteiger partial charge < -0.3 is 9.73 Å². The lowest BCUT2D eigenvalue weighted by Crippen LogP contribution is -2.14. The number of rotatable bonds is 3. The molecule has 1 amide bonds. The first kappa shape index (κ1) is 14.5. The van der Waals surface area contributed by atoms with Gasteiger partial charge in [-0.15, -0.1) is 0 Å². The molecule has 0 unspecified atom stereocenters. The van der Waals surface area contributed by atoms with Crippen LogP contribution in [0, 0.1) is 5.82 Å². The van der Waals surface area contributed by atoms with E-state index in [9.17, 15) is 9.18 Å². The molecule has 4 heteroatoms. The zero-order valence-electron chi connectivity index (χ0n) is 12.8. The van der Waals surface area contributed by atoms with Crippen molar-refractivity contribution in [2.45, 2.75) is 6.42 Å². The maximum atomic E-state index is 12.9. The van der Waals surface area contributed by atoms with Crippen LogP contribution in [-0.4, -0.2) is 5.91 Å². The van der Waals surface area contributed by atoms with E-state index in [0.717, 1.165) is 27.5 Å². The molecule has 4 aromatic rings. The van der Waals surface area contributed by atoms with E-state index in [2.05, 4.69) is 5.32 Å². The van der Waals surface area contributed by atoms with Gasteiger partial charge in [0.05, 0.1) is 6.42 Å². The van der Waals surface area contributed by atoms with Crippen molar-refractivity contribution in [1.82, 2.24) is 0 Å². The van der Waals surface area contributed by atoms with Gasteiger partial charge in [-0.3, -0.25) is 4.79 Å². The number of furan rings is 1. The van der Waals surface area contributed by atoms with Crippen LogP contribution in [-0.2, 0) is 11.2 Å². The highest BCUT2D eigenvalue weighted by Crippen LogP contribution is 2.30. The number of hydrogen-bond donors (Lipinski definition) is 1. The standard InChI is InChI=1S/C20H14FNO2/c21-14-7-5-13(6-8-14)11-20(23)22-15-9-10-17-16-3-1-2-4-18(16)24-19(17)12-15/h1-10,12H,11H2,(H,22,23). The number of carbonyl (C=O) groups is 1. The van der Waals surface area contributed by atoms with E-state index in [-0.39, 0.29) is 18.1 Å². The lowest BCUT2D eigenvalue weighted by molar-refractivity contribution is -0.115. The normalized spacial score (nSPS) is 11.0. The molecule has 0 atom stereocenters. The molecule has 1 aromatic heterocycles. The maximum Gasteiger partial charge on any atom is 0.228 e. The summed E-state index contributed by atoms with van der Waals surface area (Å²) in [7, 11) is 0. The number of carbonyl (C=O) groups excluding carboxylic acids is 1. The summed E-state index contributed by atoms with van der Waals surface area (Å²) in [5, 5.41) is 4.92. The fraction of sp³-hybridized carbons (Fsp3) is 0.0500. The largest absolute Gasteiger partial charge is 0.456 e. The molecule has 0 aliphatic carbocycles. The molecular weight excluding hydrogens is 305 g/mol. The first-order valence-corrected chi connectivity index (χ1v) is 7.65. The van der Waals surface area contributed by atoms with Crippen LogP contribution in [0.4, 0.5) is 10.1 Å². The number of nitrogens with one attached hydrogen (secondary N) is 1. The smallest absolute Gasteiger partial charge is 0.228 e. The third-order valence-electron chi connectivity index (χ3n) is 3.94. The molecule has 0 bridgehead atoms. The van der Waals surface area contributed by atoms with Gasteiger partial charge in [0.1, 0.15) is 17.0 Å². The zero-order chi connectivity index (χ0) is 16.5. The van der Waals surface area contributed by atoms with E-state index in [1.54, 1.807) is 12.1 Å². The number of halogens is 1. The quantitative estimate of drug-likeness (QED) is 0.583. The highest BCUT2D eigenvalue weighted by atomic mass is 19.1. The van der Waals surface area contributed by atoms with Crippen LogP contribution in [0.1, 0.15) is 5.56 Å². The summed E-state index contributed by atoms with van der Waals surface area (Å²) >= 11 is 0. The number of fused-ring (bicyclic) bond motifs is 3. The summed E-state index contributed by atoms with van der Waals surface area (Å²) in [6, 6.07) is 19.3. The minimum absolute atomic E-state index is 0.155. The van der Waals surface area contributed by atoms with E-state index < -0.39 is 0 Å². The Morgan fingerprint density at radius 3 is 2.50 bits per heavy atom. The fourth-order valence-electron chi connectivity index (χ4n) is 2.80. The highest BCUT2D eigenvalue weighted by Gasteiger charge is 2.09. The topological polar surface area (TPSA) is 42.2 Å². The molecule has 0 saturated heterocycles.